The lowest BCUT2D eigenvalue weighted by Crippen LogP contribution is -2.48. The van der Waals surface area contributed by atoms with Gasteiger partial charge in [-0.05, 0) is 27.7 Å². The predicted octanol–water partition coefficient (Wildman–Crippen LogP) is 0.818. The minimum atomic E-state index is -0.828. The van der Waals surface area contributed by atoms with Gasteiger partial charge in [-0.1, -0.05) is 5.16 Å². The summed E-state index contributed by atoms with van der Waals surface area (Å²) in [5.74, 6) is -1.39. The fourth-order valence-corrected chi connectivity index (χ4v) is 2.07. The lowest BCUT2D eigenvalue weighted by molar-refractivity contribution is -0.221. The molecule has 1 saturated heterocycles. The van der Waals surface area contributed by atoms with Crippen molar-refractivity contribution in [2.75, 3.05) is 13.2 Å². The van der Waals surface area contributed by atoms with Crippen LogP contribution in [-0.4, -0.2) is 49.2 Å². The number of oxime groups is 1. The molecule has 0 spiro atoms. The van der Waals surface area contributed by atoms with Crippen molar-refractivity contribution in [3.8, 4) is 0 Å². The molecule has 2 rings (SSSR count). The lowest BCUT2D eigenvalue weighted by Gasteiger charge is -2.28. The van der Waals surface area contributed by atoms with Crippen molar-refractivity contribution in [2.45, 2.75) is 52.0 Å². The van der Waals surface area contributed by atoms with Crippen LogP contribution in [-0.2, 0) is 28.6 Å². The smallest absolute Gasteiger partial charge is 0.359 e. The molecule has 0 aromatic heterocycles. The average molecular weight is 273 g/mol. The normalized spacial score (nSPS) is 32.2. The maximum absolute atomic E-state index is 11.8. The molecule has 108 valence electrons. The van der Waals surface area contributed by atoms with E-state index in [4.69, 9.17) is 23.8 Å². The summed E-state index contributed by atoms with van der Waals surface area (Å²) in [5, 5.41) is 3.77. The maximum Gasteiger partial charge on any atom is 0.359 e. The molecule has 0 amide bonds. The Morgan fingerprint density at radius 3 is 2.68 bits per heavy atom. The van der Waals surface area contributed by atoms with Crippen molar-refractivity contribution in [3.63, 3.8) is 0 Å². The maximum atomic E-state index is 11.8. The third kappa shape index (κ3) is 2.88. The molecule has 0 aromatic rings. The molecule has 0 unspecified atom stereocenters. The average Bonchev–Trinajstić information content (AvgIpc) is 2.65. The van der Waals surface area contributed by atoms with E-state index in [-0.39, 0.29) is 12.3 Å². The molecule has 0 aromatic carbocycles. The summed E-state index contributed by atoms with van der Waals surface area (Å²) in [5.41, 5.74) is 0.0772. The van der Waals surface area contributed by atoms with Crippen LogP contribution in [0.25, 0.3) is 0 Å². The number of carbonyl (C=O) groups excluding carboxylic acids is 1. The summed E-state index contributed by atoms with van der Waals surface area (Å²) < 4.78 is 21.7. The Labute approximate surface area is 111 Å². The second-order valence-electron chi connectivity index (χ2n) is 4.65. The Morgan fingerprint density at radius 1 is 1.32 bits per heavy atom. The molecule has 0 N–H and O–H groups in total. The summed E-state index contributed by atoms with van der Waals surface area (Å²) >= 11 is 0. The first kappa shape index (κ1) is 14.2. The molecule has 0 bridgehead atoms. The standard InChI is InChI=1S/C12H19NO6/c1-5-15-10(14)7-8-9(18-12(3,4)17-8)11(16-6-2)19-13-7/h8-9,11H,5-6H2,1-4H3/t8-,9-,11-/m1/s1. The Morgan fingerprint density at radius 2 is 2.05 bits per heavy atom. The van der Waals surface area contributed by atoms with E-state index >= 15 is 0 Å². The van der Waals surface area contributed by atoms with Gasteiger partial charge in [0.15, 0.2) is 17.6 Å². The van der Waals surface area contributed by atoms with E-state index in [0.29, 0.717) is 6.61 Å². The fraction of sp³-hybridized carbons (Fsp3) is 0.833. The third-order valence-corrected chi connectivity index (χ3v) is 2.74. The van der Waals surface area contributed by atoms with Crippen LogP contribution in [0.2, 0.25) is 0 Å². The molecule has 2 aliphatic rings. The lowest BCUT2D eigenvalue weighted by atomic mass is 10.1. The number of fused-ring (bicyclic) bond motifs is 1. The Hall–Kier alpha value is -1.18. The zero-order valence-electron chi connectivity index (χ0n) is 11.5. The van der Waals surface area contributed by atoms with Gasteiger partial charge in [-0.3, -0.25) is 0 Å². The van der Waals surface area contributed by atoms with Gasteiger partial charge in [-0.2, -0.15) is 0 Å². The van der Waals surface area contributed by atoms with E-state index < -0.39 is 30.3 Å². The van der Waals surface area contributed by atoms with E-state index in [1.54, 1.807) is 20.8 Å². The molecular weight excluding hydrogens is 254 g/mol. The third-order valence-electron chi connectivity index (χ3n) is 2.74. The van der Waals surface area contributed by atoms with Gasteiger partial charge in [-0.15, -0.1) is 0 Å². The Kier molecular flexibility index (Phi) is 4.07. The van der Waals surface area contributed by atoms with Crippen LogP contribution < -0.4 is 0 Å². The molecule has 7 nitrogen and oxygen atoms in total. The molecule has 2 aliphatic heterocycles. The van der Waals surface area contributed by atoms with Crippen LogP contribution in [0.5, 0.6) is 0 Å². The second kappa shape index (κ2) is 5.44. The zero-order valence-corrected chi connectivity index (χ0v) is 11.5. The van der Waals surface area contributed by atoms with Gasteiger partial charge in [0, 0.05) is 6.61 Å². The van der Waals surface area contributed by atoms with Crippen molar-refractivity contribution in [3.05, 3.63) is 0 Å². The largest absolute Gasteiger partial charge is 0.461 e. The zero-order chi connectivity index (χ0) is 14.0. The van der Waals surface area contributed by atoms with Gasteiger partial charge in [0.25, 0.3) is 6.29 Å². The van der Waals surface area contributed by atoms with Crippen molar-refractivity contribution in [1.82, 2.24) is 0 Å². The number of ether oxygens (including phenoxy) is 4. The highest BCUT2D eigenvalue weighted by Gasteiger charge is 2.53. The van der Waals surface area contributed by atoms with Gasteiger partial charge in [0.1, 0.15) is 6.10 Å². The number of carbonyl (C=O) groups is 1. The highest BCUT2D eigenvalue weighted by Crippen LogP contribution is 2.34. The number of hydrogen-bond donors (Lipinski definition) is 0. The highest BCUT2D eigenvalue weighted by molar-refractivity contribution is 6.38. The van der Waals surface area contributed by atoms with E-state index in [2.05, 4.69) is 5.16 Å². The summed E-state index contributed by atoms with van der Waals surface area (Å²) in [6.45, 7) is 7.78. The van der Waals surface area contributed by atoms with Crippen molar-refractivity contribution >= 4 is 11.7 Å². The quantitative estimate of drug-likeness (QED) is 0.706. The number of nitrogens with zero attached hydrogens (tertiary/aromatic N) is 1. The van der Waals surface area contributed by atoms with Crippen LogP contribution in [0, 0.1) is 0 Å². The van der Waals surface area contributed by atoms with Crippen LogP contribution in [0.4, 0.5) is 0 Å². The second-order valence-corrected chi connectivity index (χ2v) is 4.65. The van der Waals surface area contributed by atoms with Crippen LogP contribution in [0.3, 0.4) is 0 Å². The van der Waals surface area contributed by atoms with Crippen LogP contribution >= 0.6 is 0 Å². The van der Waals surface area contributed by atoms with Crippen LogP contribution in [0.15, 0.2) is 5.16 Å². The number of hydrogen-bond acceptors (Lipinski definition) is 7. The Balaban J connectivity index is 2.20. The molecule has 7 heteroatoms. The molecule has 19 heavy (non-hydrogen) atoms. The first-order valence-corrected chi connectivity index (χ1v) is 6.36. The summed E-state index contributed by atoms with van der Waals surface area (Å²) in [4.78, 5) is 17.0. The minimum absolute atomic E-state index is 0.0772. The first-order chi connectivity index (χ1) is 8.98. The summed E-state index contributed by atoms with van der Waals surface area (Å²) in [6.07, 6.45) is -1.86. The molecule has 0 radical (unpaired) electrons. The van der Waals surface area contributed by atoms with Gasteiger partial charge in [0.2, 0.25) is 0 Å². The summed E-state index contributed by atoms with van der Waals surface area (Å²) in [7, 11) is 0. The molecule has 0 saturated carbocycles. The molecule has 3 atom stereocenters. The monoisotopic (exact) mass is 273 g/mol. The SMILES string of the molecule is CCOC(=O)C1=NO[C@@H](OCC)[C@@H]2OC(C)(C)O[C@H]12. The molecule has 2 heterocycles. The highest BCUT2D eigenvalue weighted by atomic mass is 16.8. The van der Waals surface area contributed by atoms with E-state index in [1.165, 1.54) is 0 Å². The van der Waals surface area contributed by atoms with E-state index in [1.807, 2.05) is 6.92 Å². The van der Waals surface area contributed by atoms with Gasteiger partial charge < -0.3 is 23.8 Å². The van der Waals surface area contributed by atoms with Gasteiger partial charge >= 0.3 is 5.97 Å². The minimum Gasteiger partial charge on any atom is -0.461 e. The van der Waals surface area contributed by atoms with E-state index in [9.17, 15) is 4.79 Å². The molecular formula is C12H19NO6. The summed E-state index contributed by atoms with van der Waals surface area (Å²) in [6, 6.07) is 0. The van der Waals surface area contributed by atoms with Gasteiger partial charge in [0.05, 0.1) is 6.61 Å². The van der Waals surface area contributed by atoms with Crippen molar-refractivity contribution < 1.29 is 28.6 Å². The predicted molar refractivity (Wildman–Crippen MR) is 64.4 cm³/mol. The Bertz CT molecular complexity index is 380. The topological polar surface area (TPSA) is 75.6 Å². The molecule has 1 fully saturated rings. The van der Waals surface area contributed by atoms with Crippen molar-refractivity contribution in [1.29, 1.82) is 0 Å². The first-order valence-electron chi connectivity index (χ1n) is 6.36. The fourth-order valence-electron chi connectivity index (χ4n) is 2.07. The van der Waals surface area contributed by atoms with E-state index in [0.717, 1.165) is 0 Å². The van der Waals surface area contributed by atoms with Crippen LogP contribution in [0.1, 0.15) is 27.7 Å². The number of rotatable bonds is 4. The molecule has 0 aliphatic carbocycles. The van der Waals surface area contributed by atoms with Crippen molar-refractivity contribution in [2.24, 2.45) is 5.16 Å². The van der Waals surface area contributed by atoms with Gasteiger partial charge in [-0.25, -0.2) is 4.79 Å². The number of esters is 1.